The number of nitrogens with zero attached hydrogens (tertiary/aromatic N) is 1. The predicted molar refractivity (Wildman–Crippen MR) is 88.0 cm³/mol. The number of rotatable bonds is 4. The molecule has 0 saturated carbocycles. The molecule has 8 heteroatoms. The van der Waals surface area contributed by atoms with E-state index in [0.29, 0.717) is 35.9 Å². The van der Waals surface area contributed by atoms with Crippen LogP contribution in [0.15, 0.2) is 18.2 Å². The highest BCUT2D eigenvalue weighted by Crippen LogP contribution is 2.13. The third-order valence-corrected chi connectivity index (χ3v) is 3.54. The van der Waals surface area contributed by atoms with E-state index in [9.17, 15) is 9.18 Å². The van der Waals surface area contributed by atoms with Crippen molar-refractivity contribution < 1.29 is 9.18 Å². The first kappa shape index (κ1) is 18.7. The second-order valence-corrected chi connectivity index (χ2v) is 5.12. The normalized spacial score (nSPS) is 16.9. The van der Waals surface area contributed by atoms with Crippen molar-refractivity contribution in [2.75, 3.05) is 6.54 Å². The second-order valence-electron chi connectivity index (χ2n) is 5.12. The van der Waals surface area contributed by atoms with Crippen LogP contribution in [-0.4, -0.2) is 28.5 Å². The number of imidazole rings is 1. The third kappa shape index (κ3) is 4.56. The molecule has 2 aromatic rings. The Morgan fingerprint density at radius 1 is 1.41 bits per heavy atom. The van der Waals surface area contributed by atoms with Gasteiger partial charge in [-0.25, -0.2) is 9.37 Å². The van der Waals surface area contributed by atoms with Crippen molar-refractivity contribution in [2.24, 2.45) is 0 Å². The Bertz CT molecular complexity index is 628. The SMILES string of the molecule is Cl.Cl.O=C(CC1CCCN1)NCc1nc2ccc(F)cc2[nH]1. The van der Waals surface area contributed by atoms with Crippen LogP contribution >= 0.6 is 24.8 Å². The van der Waals surface area contributed by atoms with Gasteiger partial charge in [-0.3, -0.25) is 4.79 Å². The van der Waals surface area contributed by atoms with Gasteiger partial charge < -0.3 is 15.6 Å². The van der Waals surface area contributed by atoms with Crippen molar-refractivity contribution in [3.63, 3.8) is 0 Å². The van der Waals surface area contributed by atoms with Gasteiger partial charge >= 0.3 is 0 Å². The molecule has 1 unspecified atom stereocenters. The molecule has 1 aliphatic heterocycles. The topological polar surface area (TPSA) is 69.8 Å². The number of H-pyrrole nitrogens is 1. The van der Waals surface area contributed by atoms with Gasteiger partial charge in [0, 0.05) is 12.5 Å². The first-order valence-corrected chi connectivity index (χ1v) is 6.85. The molecule has 122 valence electrons. The van der Waals surface area contributed by atoms with Crippen molar-refractivity contribution in [1.29, 1.82) is 0 Å². The molecule has 1 saturated heterocycles. The van der Waals surface area contributed by atoms with Gasteiger partial charge in [-0.05, 0) is 37.6 Å². The second kappa shape index (κ2) is 8.31. The lowest BCUT2D eigenvalue weighted by atomic mass is 10.1. The summed E-state index contributed by atoms with van der Waals surface area (Å²) in [6.45, 7) is 1.33. The molecule has 1 amide bonds. The summed E-state index contributed by atoms with van der Waals surface area (Å²) in [7, 11) is 0. The van der Waals surface area contributed by atoms with Gasteiger partial charge in [0.05, 0.1) is 17.6 Å². The molecule has 0 aliphatic carbocycles. The summed E-state index contributed by atoms with van der Waals surface area (Å²) in [6, 6.07) is 4.68. The third-order valence-electron chi connectivity index (χ3n) is 3.54. The Morgan fingerprint density at radius 2 is 2.23 bits per heavy atom. The first-order valence-electron chi connectivity index (χ1n) is 6.85. The minimum atomic E-state index is -0.302. The minimum Gasteiger partial charge on any atom is -0.349 e. The zero-order chi connectivity index (χ0) is 13.9. The van der Waals surface area contributed by atoms with E-state index >= 15 is 0 Å². The standard InChI is InChI=1S/C14H17FN4O.2ClH/c15-9-3-4-11-12(6-9)19-13(18-11)8-17-14(20)7-10-2-1-5-16-10;;/h3-4,6,10,16H,1-2,5,7-8H2,(H,17,20)(H,18,19);2*1H. The quantitative estimate of drug-likeness (QED) is 0.793. The largest absolute Gasteiger partial charge is 0.349 e. The maximum absolute atomic E-state index is 13.1. The Kier molecular flexibility index (Phi) is 7.06. The summed E-state index contributed by atoms with van der Waals surface area (Å²) >= 11 is 0. The molecule has 3 N–H and O–H groups in total. The predicted octanol–water partition coefficient (Wildman–Crippen LogP) is 2.30. The Labute approximate surface area is 140 Å². The number of aromatic amines is 1. The molecular weight excluding hydrogens is 330 g/mol. The van der Waals surface area contributed by atoms with Crippen LogP contribution in [0.4, 0.5) is 4.39 Å². The summed E-state index contributed by atoms with van der Waals surface area (Å²) in [5.41, 5.74) is 1.35. The van der Waals surface area contributed by atoms with Crippen LogP contribution in [0, 0.1) is 5.82 Å². The van der Waals surface area contributed by atoms with E-state index in [1.807, 2.05) is 0 Å². The van der Waals surface area contributed by atoms with Gasteiger partial charge in [0.25, 0.3) is 0 Å². The van der Waals surface area contributed by atoms with E-state index in [1.54, 1.807) is 6.07 Å². The number of halogens is 3. The highest BCUT2D eigenvalue weighted by atomic mass is 35.5. The van der Waals surface area contributed by atoms with Crippen molar-refractivity contribution >= 4 is 41.8 Å². The molecule has 0 spiro atoms. The zero-order valence-corrected chi connectivity index (χ0v) is 13.5. The molecule has 2 heterocycles. The van der Waals surface area contributed by atoms with Crippen molar-refractivity contribution in [3.8, 4) is 0 Å². The van der Waals surface area contributed by atoms with Gasteiger partial charge in [-0.2, -0.15) is 0 Å². The van der Waals surface area contributed by atoms with Gasteiger partial charge in [-0.1, -0.05) is 0 Å². The number of fused-ring (bicyclic) bond motifs is 1. The number of carbonyl (C=O) groups is 1. The molecule has 1 aromatic heterocycles. The smallest absolute Gasteiger partial charge is 0.221 e. The summed E-state index contributed by atoms with van der Waals surface area (Å²) < 4.78 is 13.1. The average Bonchev–Trinajstić information content (AvgIpc) is 3.04. The lowest BCUT2D eigenvalue weighted by molar-refractivity contribution is -0.121. The number of hydrogen-bond donors (Lipinski definition) is 3. The van der Waals surface area contributed by atoms with Gasteiger partial charge in [-0.15, -0.1) is 24.8 Å². The van der Waals surface area contributed by atoms with Gasteiger partial charge in [0.15, 0.2) is 0 Å². The lowest BCUT2D eigenvalue weighted by Gasteiger charge is -2.09. The molecule has 5 nitrogen and oxygen atoms in total. The fourth-order valence-corrected chi connectivity index (χ4v) is 2.53. The molecule has 0 radical (unpaired) electrons. The Morgan fingerprint density at radius 3 is 2.95 bits per heavy atom. The summed E-state index contributed by atoms with van der Waals surface area (Å²) in [4.78, 5) is 19.1. The van der Waals surface area contributed by atoms with Crippen LogP contribution in [0.3, 0.4) is 0 Å². The number of amides is 1. The zero-order valence-electron chi connectivity index (χ0n) is 11.9. The molecule has 22 heavy (non-hydrogen) atoms. The van der Waals surface area contributed by atoms with E-state index in [4.69, 9.17) is 0 Å². The van der Waals surface area contributed by atoms with Gasteiger partial charge in [0.2, 0.25) is 5.91 Å². The maximum atomic E-state index is 13.1. The molecular formula is C14H19Cl2FN4O. The van der Waals surface area contributed by atoms with Crippen LogP contribution in [-0.2, 0) is 11.3 Å². The van der Waals surface area contributed by atoms with Crippen molar-refractivity contribution in [1.82, 2.24) is 20.6 Å². The minimum absolute atomic E-state index is 0. The van der Waals surface area contributed by atoms with E-state index < -0.39 is 0 Å². The Balaban J connectivity index is 0.00000121. The van der Waals surface area contributed by atoms with Crippen LogP contribution in [0.5, 0.6) is 0 Å². The highest BCUT2D eigenvalue weighted by molar-refractivity contribution is 5.85. The first-order chi connectivity index (χ1) is 9.70. The summed E-state index contributed by atoms with van der Waals surface area (Å²) in [5.74, 6) is 0.346. The highest BCUT2D eigenvalue weighted by Gasteiger charge is 2.17. The number of hydrogen-bond acceptors (Lipinski definition) is 3. The maximum Gasteiger partial charge on any atom is 0.221 e. The van der Waals surface area contributed by atoms with Gasteiger partial charge in [0.1, 0.15) is 11.6 Å². The Hall–Kier alpha value is -1.37. The fourth-order valence-electron chi connectivity index (χ4n) is 2.53. The van der Waals surface area contributed by atoms with Crippen molar-refractivity contribution in [2.45, 2.75) is 31.8 Å². The van der Waals surface area contributed by atoms with Crippen LogP contribution in [0.25, 0.3) is 11.0 Å². The molecule has 1 fully saturated rings. The van der Waals surface area contributed by atoms with Crippen LogP contribution in [0.2, 0.25) is 0 Å². The number of carbonyl (C=O) groups excluding carboxylic acids is 1. The summed E-state index contributed by atoms with van der Waals surface area (Å²) in [5, 5.41) is 6.12. The van der Waals surface area contributed by atoms with E-state index in [2.05, 4.69) is 20.6 Å². The number of aromatic nitrogens is 2. The van der Waals surface area contributed by atoms with Crippen molar-refractivity contribution in [3.05, 3.63) is 29.8 Å². The van der Waals surface area contributed by atoms with Crippen LogP contribution < -0.4 is 10.6 Å². The monoisotopic (exact) mass is 348 g/mol. The van der Waals surface area contributed by atoms with E-state index in [0.717, 1.165) is 19.4 Å². The van der Waals surface area contributed by atoms with Crippen LogP contribution in [0.1, 0.15) is 25.1 Å². The van der Waals surface area contributed by atoms with E-state index in [1.165, 1.54) is 12.1 Å². The molecule has 1 aliphatic rings. The average molecular weight is 349 g/mol. The number of benzene rings is 1. The lowest BCUT2D eigenvalue weighted by Crippen LogP contribution is -2.31. The molecule has 3 rings (SSSR count). The molecule has 1 aromatic carbocycles. The van der Waals surface area contributed by atoms with E-state index in [-0.39, 0.29) is 36.5 Å². The number of nitrogens with one attached hydrogen (secondary N) is 3. The molecule has 0 bridgehead atoms. The summed E-state index contributed by atoms with van der Waals surface area (Å²) in [6.07, 6.45) is 2.68. The fraction of sp³-hybridized carbons (Fsp3) is 0.429. The molecule has 1 atom stereocenters.